The molecule has 5 aromatic rings. The lowest BCUT2D eigenvalue weighted by Gasteiger charge is -2.46. The van der Waals surface area contributed by atoms with Crippen LogP contribution in [0, 0.1) is 30.1 Å². The Hall–Kier alpha value is -5.60. The maximum atomic E-state index is 5.17. The lowest BCUT2D eigenvalue weighted by Crippen LogP contribution is -2.34. The van der Waals surface area contributed by atoms with Crippen molar-refractivity contribution in [3.05, 3.63) is 200 Å². The molecule has 9 rings (SSSR count). The number of hydrogen-bond acceptors (Lipinski definition) is 2. The van der Waals surface area contributed by atoms with E-state index >= 15 is 0 Å². The van der Waals surface area contributed by atoms with Crippen LogP contribution in [0.4, 0.5) is 22.7 Å². The molecule has 1 heterocycles. The van der Waals surface area contributed by atoms with Crippen molar-refractivity contribution in [3.8, 4) is 0 Å². The van der Waals surface area contributed by atoms with E-state index in [-0.39, 0.29) is 37.9 Å². The lowest BCUT2D eigenvalue weighted by atomic mass is 9.60. The van der Waals surface area contributed by atoms with Crippen LogP contribution < -0.4 is 9.80 Å². The topological polar surface area (TPSA) is 6.48 Å². The summed E-state index contributed by atoms with van der Waals surface area (Å²) in [6.45, 7) is 48.7. The number of allylic oxidation sites excluding steroid dienone is 6. The molecule has 0 bridgehead atoms. The van der Waals surface area contributed by atoms with Crippen LogP contribution in [0.5, 0.6) is 0 Å². The Morgan fingerprint density at radius 3 is 1.61 bits per heavy atom. The first-order valence-electron chi connectivity index (χ1n) is 27.2. The van der Waals surface area contributed by atoms with Gasteiger partial charge in [0.15, 0.2) is 0 Å². The van der Waals surface area contributed by atoms with Gasteiger partial charge in [-0.15, -0.1) is 0 Å². The number of anilines is 4. The van der Waals surface area contributed by atoms with Gasteiger partial charge >= 0.3 is 0 Å². The molecule has 4 aliphatic rings. The van der Waals surface area contributed by atoms with Gasteiger partial charge in [-0.05, 0) is 164 Å². The lowest BCUT2D eigenvalue weighted by molar-refractivity contribution is 0.261. The van der Waals surface area contributed by atoms with Gasteiger partial charge in [0, 0.05) is 45.7 Å². The van der Waals surface area contributed by atoms with Crippen LogP contribution in [-0.2, 0) is 21.7 Å². The molecule has 0 atom stereocenters. The first kappa shape index (κ1) is 51.3. The fourth-order valence-electron chi connectivity index (χ4n) is 12.3. The highest BCUT2D eigenvalue weighted by atomic mass is 15.2. The van der Waals surface area contributed by atoms with Gasteiger partial charge in [0.25, 0.3) is 0 Å². The summed E-state index contributed by atoms with van der Waals surface area (Å²) in [4.78, 5) is 5.32. The van der Waals surface area contributed by atoms with Gasteiger partial charge < -0.3 is 9.80 Å². The Labute approximate surface area is 436 Å². The fourth-order valence-corrected chi connectivity index (χ4v) is 12.3. The smallest absolute Gasteiger partial charge is 0.0558 e. The maximum Gasteiger partial charge on any atom is 0.0558 e. The van der Waals surface area contributed by atoms with Crippen molar-refractivity contribution in [3.63, 3.8) is 0 Å². The van der Waals surface area contributed by atoms with Crippen LogP contribution in [0.3, 0.4) is 0 Å². The Morgan fingerprint density at radius 2 is 1.03 bits per heavy atom. The number of hydrogen-bond donors (Lipinski definition) is 0. The van der Waals surface area contributed by atoms with Crippen LogP contribution in [0.1, 0.15) is 193 Å². The number of fused-ring (bicyclic) bond motifs is 3. The summed E-state index contributed by atoms with van der Waals surface area (Å²) in [6, 6.07) is 39.8. The van der Waals surface area contributed by atoms with Crippen molar-refractivity contribution in [2.75, 3.05) is 9.80 Å². The van der Waals surface area contributed by atoms with Crippen molar-refractivity contribution < 1.29 is 0 Å². The molecule has 0 N–H and O–H groups in total. The zero-order valence-electron chi connectivity index (χ0n) is 47.7. The van der Waals surface area contributed by atoms with E-state index in [1.54, 1.807) is 0 Å². The van der Waals surface area contributed by atoms with Gasteiger partial charge in [-0.3, -0.25) is 0 Å². The number of aryl methyl sites for hydroxylation is 2. The monoisotopic (exact) mass is 955 g/mol. The van der Waals surface area contributed by atoms with E-state index in [1.165, 1.54) is 107 Å². The molecule has 0 radical (unpaired) electrons. The third kappa shape index (κ3) is 9.02. The largest absolute Gasteiger partial charge is 0.313 e. The molecule has 2 nitrogen and oxygen atoms in total. The van der Waals surface area contributed by atoms with Crippen molar-refractivity contribution >= 4 is 34.4 Å². The average Bonchev–Trinajstić information content (AvgIpc) is 3.75. The molecule has 0 saturated heterocycles. The normalized spacial score (nSPS) is 20.1. The Morgan fingerprint density at radius 1 is 0.500 bits per heavy atom. The molecule has 3 aliphatic carbocycles. The highest BCUT2D eigenvalue weighted by Gasteiger charge is 2.44. The zero-order chi connectivity index (χ0) is 52.3. The average molecular weight is 955 g/mol. The van der Waals surface area contributed by atoms with Crippen molar-refractivity contribution in [2.24, 2.45) is 16.2 Å². The molecule has 1 saturated carbocycles. The fraction of sp³-hybridized carbons (Fsp3) is 0.429. The van der Waals surface area contributed by atoms with E-state index in [4.69, 9.17) is 6.58 Å². The summed E-state index contributed by atoms with van der Waals surface area (Å²) in [7, 11) is 0. The van der Waals surface area contributed by atoms with Crippen LogP contribution in [0.15, 0.2) is 150 Å². The molecule has 72 heavy (non-hydrogen) atoms. The van der Waals surface area contributed by atoms with Crippen LogP contribution in [-0.4, -0.2) is 0 Å². The summed E-state index contributed by atoms with van der Waals surface area (Å²) >= 11 is 0. The van der Waals surface area contributed by atoms with E-state index in [0.29, 0.717) is 0 Å². The first-order chi connectivity index (χ1) is 33.4. The third-order valence-corrected chi connectivity index (χ3v) is 17.9. The molecule has 1 fully saturated rings. The highest BCUT2D eigenvalue weighted by Crippen LogP contribution is 2.58. The zero-order valence-corrected chi connectivity index (χ0v) is 47.7. The standard InChI is InChI=1S/C70H86N2/c1-45-30-31-50(70(18,19)49-28-24-21-25-29-49)39-59(45)72(60-44-58-55(36-46(60)2)66(10,11)32-35-69(58,16)17)63-42-52(65(7,8)9)41-62-54(63)43-57-56(67(12,13)33-34-68(57,14)15)37-47(3)71(62)61-40-51(64(4,5)6)38-53(61)48-26-22-20-23-27-48/h20-31,36-39,41-44H,3,32-35,40H2,1-2,4-19H3/b56-37?,57-43+. The predicted octanol–water partition coefficient (Wildman–Crippen LogP) is 20.0. The first-order valence-corrected chi connectivity index (χ1v) is 27.2. The Kier molecular flexibility index (Phi) is 12.5. The Bertz CT molecular complexity index is 3100. The number of benzene rings is 5. The molecule has 1 aliphatic heterocycles. The minimum Gasteiger partial charge on any atom is -0.313 e. The van der Waals surface area contributed by atoms with E-state index in [9.17, 15) is 0 Å². The highest BCUT2D eigenvalue weighted by molar-refractivity contribution is 5.95. The van der Waals surface area contributed by atoms with Crippen LogP contribution in [0.25, 0.3) is 11.6 Å². The molecular weight excluding hydrogens is 869 g/mol. The molecular formula is C70H86N2. The summed E-state index contributed by atoms with van der Waals surface area (Å²) in [5.74, 6) is 0. The predicted molar refractivity (Wildman–Crippen MR) is 313 cm³/mol. The molecule has 0 spiro atoms. The molecule has 0 unspecified atom stereocenters. The molecule has 376 valence electrons. The molecule has 0 amide bonds. The Balaban J connectivity index is 1.47. The van der Waals surface area contributed by atoms with Gasteiger partial charge in [0.05, 0.1) is 11.4 Å². The van der Waals surface area contributed by atoms with Gasteiger partial charge in [-0.1, -0.05) is 208 Å². The third-order valence-electron chi connectivity index (χ3n) is 17.9. The summed E-state index contributed by atoms with van der Waals surface area (Å²) in [6.07, 6.45) is 13.0. The van der Waals surface area contributed by atoms with Crippen molar-refractivity contribution in [2.45, 2.75) is 178 Å². The van der Waals surface area contributed by atoms with Gasteiger partial charge in [0.2, 0.25) is 0 Å². The molecule has 2 heteroatoms. The van der Waals surface area contributed by atoms with E-state index in [2.05, 4.69) is 256 Å². The quantitative estimate of drug-likeness (QED) is 0.160. The van der Waals surface area contributed by atoms with Crippen molar-refractivity contribution in [1.82, 2.24) is 0 Å². The van der Waals surface area contributed by atoms with Crippen molar-refractivity contribution in [1.29, 1.82) is 0 Å². The maximum absolute atomic E-state index is 5.17. The minimum absolute atomic E-state index is 0.0156. The second-order valence-electron chi connectivity index (χ2n) is 27.5. The minimum atomic E-state index is -0.247. The number of rotatable bonds is 7. The van der Waals surface area contributed by atoms with Gasteiger partial charge in [0.1, 0.15) is 0 Å². The van der Waals surface area contributed by atoms with Gasteiger partial charge in [-0.25, -0.2) is 0 Å². The van der Waals surface area contributed by atoms with E-state index in [1.807, 2.05) is 0 Å². The second-order valence-corrected chi connectivity index (χ2v) is 27.5. The number of nitrogens with zero attached hydrogens (tertiary/aromatic N) is 2. The summed E-state index contributed by atoms with van der Waals surface area (Å²) in [5.41, 5.74) is 24.1. The summed E-state index contributed by atoms with van der Waals surface area (Å²) in [5, 5.41) is 0. The SMILES string of the molecule is C=C1C=C2/C(=C\c3c(cc(C(C)(C)C)cc3N(c3cc(C(C)(C)c4ccccc4)ccc3C)c3cc4c(cc3C)C(C)(C)CCC4(C)C)N1C1=C(c3ccccc3)C=C(C(C)(C)C)C1)C(C)(C)CCC2(C)C. The second kappa shape index (κ2) is 17.5. The van der Waals surface area contributed by atoms with E-state index < -0.39 is 0 Å². The van der Waals surface area contributed by atoms with Crippen LogP contribution in [0.2, 0.25) is 0 Å². The van der Waals surface area contributed by atoms with Gasteiger partial charge in [-0.2, -0.15) is 0 Å². The van der Waals surface area contributed by atoms with Crippen LogP contribution >= 0.6 is 0 Å². The van der Waals surface area contributed by atoms with E-state index in [0.717, 1.165) is 31.4 Å². The summed E-state index contributed by atoms with van der Waals surface area (Å²) < 4.78 is 0. The molecule has 0 aromatic heterocycles. The molecule has 5 aromatic carbocycles.